The van der Waals surface area contributed by atoms with E-state index in [4.69, 9.17) is 4.74 Å². The first-order chi connectivity index (χ1) is 11.9. The van der Waals surface area contributed by atoms with E-state index in [0.29, 0.717) is 5.69 Å². The molecule has 0 radical (unpaired) electrons. The quantitative estimate of drug-likeness (QED) is 0.725. The normalized spacial score (nSPS) is 12.0. The van der Waals surface area contributed by atoms with E-state index < -0.39 is 23.8 Å². The number of nitrogens with zero attached hydrogens (tertiary/aromatic N) is 4. The molecule has 0 aliphatic rings. The lowest BCUT2D eigenvalue weighted by atomic mass is 10.3. The highest BCUT2D eigenvalue weighted by atomic mass is 19.1. The van der Waals surface area contributed by atoms with Crippen molar-refractivity contribution in [1.29, 1.82) is 0 Å². The van der Waals surface area contributed by atoms with Gasteiger partial charge in [-0.05, 0) is 44.2 Å². The van der Waals surface area contributed by atoms with E-state index in [1.54, 1.807) is 19.2 Å². The molecule has 3 rings (SSSR count). The Hall–Kier alpha value is -3.36. The smallest absolute Gasteiger partial charge is 0.379 e. The summed E-state index contributed by atoms with van der Waals surface area (Å²) >= 11 is 0. The first-order valence-electron chi connectivity index (χ1n) is 7.40. The summed E-state index contributed by atoms with van der Waals surface area (Å²) in [5.74, 6) is -1.75. The number of fused-ring (bicyclic) bond motifs is 1. The zero-order valence-corrected chi connectivity index (χ0v) is 13.4. The van der Waals surface area contributed by atoms with Gasteiger partial charge >= 0.3 is 5.97 Å². The lowest BCUT2D eigenvalue weighted by molar-refractivity contribution is -0.123. The fourth-order valence-electron chi connectivity index (χ4n) is 2.04. The zero-order chi connectivity index (χ0) is 18.0. The Morgan fingerprint density at radius 1 is 1.24 bits per heavy atom. The van der Waals surface area contributed by atoms with E-state index in [0.717, 1.165) is 5.69 Å². The number of esters is 1. The molecule has 0 saturated heterocycles. The molecule has 0 fully saturated rings. The number of anilines is 1. The fraction of sp³-hybridized carbons (Fsp3) is 0.188. The number of ether oxygens (including phenoxy) is 1. The van der Waals surface area contributed by atoms with E-state index in [9.17, 15) is 14.0 Å². The number of hydrogen-bond acceptors (Lipinski definition) is 6. The Morgan fingerprint density at radius 2 is 1.96 bits per heavy atom. The molecule has 1 aromatic carbocycles. The summed E-state index contributed by atoms with van der Waals surface area (Å²) in [6.45, 7) is 3.20. The van der Waals surface area contributed by atoms with Gasteiger partial charge in [0.25, 0.3) is 17.5 Å². The van der Waals surface area contributed by atoms with Crippen LogP contribution < -0.4 is 5.32 Å². The molecule has 9 heteroatoms. The van der Waals surface area contributed by atoms with Crippen LogP contribution in [-0.4, -0.2) is 37.6 Å². The number of carbonyl (C=O) groups is 2. The van der Waals surface area contributed by atoms with Gasteiger partial charge in [-0.1, -0.05) is 0 Å². The van der Waals surface area contributed by atoms with Gasteiger partial charge < -0.3 is 10.1 Å². The van der Waals surface area contributed by atoms with Crippen molar-refractivity contribution in [1.82, 2.24) is 19.6 Å². The van der Waals surface area contributed by atoms with Gasteiger partial charge in [0.2, 0.25) is 0 Å². The molecule has 0 unspecified atom stereocenters. The molecule has 128 valence electrons. The maximum atomic E-state index is 12.9. The molecule has 0 aliphatic heterocycles. The van der Waals surface area contributed by atoms with Gasteiger partial charge in [0, 0.05) is 17.6 Å². The summed E-state index contributed by atoms with van der Waals surface area (Å²) in [6, 6.07) is 6.94. The maximum absolute atomic E-state index is 12.9. The van der Waals surface area contributed by atoms with E-state index in [1.165, 1.54) is 35.7 Å². The number of amides is 1. The predicted octanol–water partition coefficient (Wildman–Crippen LogP) is 1.76. The Bertz CT molecular complexity index is 939. The van der Waals surface area contributed by atoms with E-state index in [2.05, 4.69) is 20.4 Å². The Balaban J connectivity index is 1.67. The number of hydrogen-bond donors (Lipinski definition) is 1. The summed E-state index contributed by atoms with van der Waals surface area (Å²) in [7, 11) is 0. The SMILES string of the molecule is Cc1ccnc2nc(C(=O)O[C@H](C)C(=O)Nc3ccc(F)cc3)nn12. The average Bonchev–Trinajstić information content (AvgIpc) is 3.02. The van der Waals surface area contributed by atoms with Crippen LogP contribution in [0.5, 0.6) is 0 Å². The van der Waals surface area contributed by atoms with Crippen molar-refractivity contribution in [2.24, 2.45) is 0 Å². The van der Waals surface area contributed by atoms with Crippen molar-refractivity contribution in [2.75, 3.05) is 5.32 Å². The Kier molecular flexibility index (Phi) is 4.38. The Morgan fingerprint density at radius 3 is 2.64 bits per heavy atom. The van der Waals surface area contributed by atoms with Crippen molar-refractivity contribution in [3.63, 3.8) is 0 Å². The van der Waals surface area contributed by atoms with Crippen LogP contribution in [0.25, 0.3) is 5.78 Å². The van der Waals surface area contributed by atoms with Crippen molar-refractivity contribution in [2.45, 2.75) is 20.0 Å². The third-order valence-electron chi connectivity index (χ3n) is 3.38. The van der Waals surface area contributed by atoms with Crippen molar-refractivity contribution in [3.8, 4) is 0 Å². The van der Waals surface area contributed by atoms with E-state index in [1.807, 2.05) is 0 Å². The molecule has 0 bridgehead atoms. The maximum Gasteiger partial charge on any atom is 0.379 e. The van der Waals surface area contributed by atoms with E-state index in [-0.39, 0.29) is 11.6 Å². The Labute approximate surface area is 141 Å². The topological polar surface area (TPSA) is 98.5 Å². The van der Waals surface area contributed by atoms with Gasteiger partial charge in [0.15, 0.2) is 6.10 Å². The molecule has 8 nitrogen and oxygen atoms in total. The number of halogens is 1. The molecule has 1 N–H and O–H groups in total. The third kappa shape index (κ3) is 3.60. The lowest BCUT2D eigenvalue weighted by Gasteiger charge is -2.12. The van der Waals surface area contributed by atoms with Crippen LogP contribution in [0.15, 0.2) is 36.5 Å². The molecular weight excluding hydrogens is 329 g/mol. The zero-order valence-electron chi connectivity index (χ0n) is 13.4. The van der Waals surface area contributed by atoms with E-state index >= 15 is 0 Å². The van der Waals surface area contributed by atoms with Crippen LogP contribution in [0.1, 0.15) is 23.2 Å². The van der Waals surface area contributed by atoms with Crippen LogP contribution in [0, 0.1) is 12.7 Å². The molecule has 3 aromatic rings. The van der Waals surface area contributed by atoms with Crippen LogP contribution in [0.3, 0.4) is 0 Å². The van der Waals surface area contributed by atoms with Gasteiger partial charge in [0.05, 0.1) is 0 Å². The van der Waals surface area contributed by atoms with Crippen molar-refractivity contribution < 1.29 is 18.7 Å². The number of aryl methyl sites for hydroxylation is 1. The van der Waals surface area contributed by atoms with Crippen LogP contribution in [0.2, 0.25) is 0 Å². The molecule has 2 aromatic heterocycles. The molecule has 2 heterocycles. The minimum Gasteiger partial charge on any atom is -0.447 e. The van der Waals surface area contributed by atoms with Crippen LogP contribution in [-0.2, 0) is 9.53 Å². The second-order valence-electron chi connectivity index (χ2n) is 5.28. The third-order valence-corrected chi connectivity index (χ3v) is 3.38. The molecule has 0 saturated carbocycles. The molecular formula is C16H14FN5O3. The van der Waals surface area contributed by atoms with Gasteiger partial charge in [-0.15, -0.1) is 5.10 Å². The van der Waals surface area contributed by atoms with Gasteiger partial charge in [-0.3, -0.25) is 4.79 Å². The number of nitrogens with one attached hydrogen (secondary N) is 1. The average molecular weight is 343 g/mol. The highest BCUT2D eigenvalue weighted by molar-refractivity contribution is 5.96. The summed E-state index contributed by atoms with van der Waals surface area (Å²) in [5, 5.41) is 6.53. The highest BCUT2D eigenvalue weighted by Crippen LogP contribution is 2.10. The van der Waals surface area contributed by atoms with Crippen molar-refractivity contribution >= 4 is 23.3 Å². The fourth-order valence-corrected chi connectivity index (χ4v) is 2.04. The molecule has 0 aliphatic carbocycles. The first kappa shape index (κ1) is 16.5. The predicted molar refractivity (Wildman–Crippen MR) is 85.4 cm³/mol. The van der Waals surface area contributed by atoms with Crippen molar-refractivity contribution in [3.05, 3.63) is 53.9 Å². The second-order valence-corrected chi connectivity index (χ2v) is 5.28. The monoisotopic (exact) mass is 343 g/mol. The molecule has 1 amide bonds. The molecule has 0 spiro atoms. The number of carbonyl (C=O) groups excluding carboxylic acids is 2. The summed E-state index contributed by atoms with van der Waals surface area (Å²) in [4.78, 5) is 32.1. The summed E-state index contributed by atoms with van der Waals surface area (Å²) < 4.78 is 19.3. The second kappa shape index (κ2) is 6.63. The minimum absolute atomic E-state index is 0.191. The lowest BCUT2D eigenvalue weighted by Crippen LogP contribution is -2.30. The van der Waals surface area contributed by atoms with Gasteiger partial charge in [0.1, 0.15) is 5.82 Å². The minimum atomic E-state index is -1.08. The molecule has 1 atom stereocenters. The number of rotatable bonds is 4. The van der Waals surface area contributed by atoms with Gasteiger partial charge in [-0.25, -0.2) is 18.7 Å². The van der Waals surface area contributed by atoms with Crippen LogP contribution in [0.4, 0.5) is 10.1 Å². The molecule has 25 heavy (non-hydrogen) atoms. The van der Waals surface area contributed by atoms with Gasteiger partial charge in [-0.2, -0.15) is 4.98 Å². The summed E-state index contributed by atoms with van der Waals surface area (Å²) in [6.07, 6.45) is 0.464. The van der Waals surface area contributed by atoms with Crippen LogP contribution >= 0.6 is 0 Å². The largest absolute Gasteiger partial charge is 0.447 e. The highest BCUT2D eigenvalue weighted by Gasteiger charge is 2.22. The summed E-state index contributed by atoms with van der Waals surface area (Å²) in [5.41, 5.74) is 1.14. The standard InChI is InChI=1S/C16H14FN5O3/c1-9-7-8-18-16-20-13(21-22(9)16)15(24)25-10(2)14(23)19-12-5-3-11(17)4-6-12/h3-8,10H,1-2H3,(H,19,23)/t10-/m1/s1. The first-order valence-corrected chi connectivity index (χ1v) is 7.40. The number of benzene rings is 1. The number of aromatic nitrogens is 4.